The van der Waals surface area contributed by atoms with Crippen LogP contribution in [0.2, 0.25) is 0 Å². The number of nitrogens with one attached hydrogen (secondary N) is 1. The largest absolute Gasteiger partial charge is 0.462 e. The van der Waals surface area contributed by atoms with Crippen molar-refractivity contribution in [1.82, 2.24) is 0 Å². The molecule has 0 aromatic heterocycles. The van der Waals surface area contributed by atoms with E-state index < -0.39 is 86.2 Å². The van der Waals surface area contributed by atoms with Crippen LogP contribution in [0.25, 0.3) is 0 Å². The van der Waals surface area contributed by atoms with Crippen molar-refractivity contribution in [2.75, 3.05) is 18.5 Å². The first-order chi connectivity index (χ1) is 24.4. The number of aliphatic hydroxyl groups excluding tert-OH is 8. The van der Waals surface area contributed by atoms with E-state index in [1.165, 1.54) is 37.3 Å². The average molecular weight is 714 g/mol. The van der Waals surface area contributed by atoms with Gasteiger partial charge in [-0.2, -0.15) is 0 Å². The lowest BCUT2D eigenvalue weighted by Gasteiger charge is -2.40. The van der Waals surface area contributed by atoms with Gasteiger partial charge in [-0.25, -0.2) is 4.79 Å². The SMILES string of the molecule is CC(=O)Nc1ccc2c(c1)C(=O)OC21c2ccc(O[C@@H]3O[C@H](CO)[C@H](O)[C@H](O)[C@H]3O)cc2Oc2cc(O[C@@H]3O[C@H](CO)[C@H](O)[C@H](O)[C@H]3O)ccc21. The Morgan fingerprint density at radius 2 is 1.20 bits per heavy atom. The molecule has 1 amide bonds. The second kappa shape index (κ2) is 13.3. The first-order valence-electron chi connectivity index (χ1n) is 15.9. The molecule has 17 nitrogen and oxygen atoms in total. The quantitative estimate of drug-likeness (QED) is 0.127. The van der Waals surface area contributed by atoms with Crippen LogP contribution in [0.1, 0.15) is 34.0 Å². The maximum Gasteiger partial charge on any atom is 0.340 e. The highest BCUT2D eigenvalue weighted by molar-refractivity contribution is 5.99. The Bertz CT molecular complexity index is 1740. The van der Waals surface area contributed by atoms with Gasteiger partial charge in [-0.05, 0) is 36.4 Å². The number of hydrogen-bond donors (Lipinski definition) is 9. The Labute approximate surface area is 288 Å². The van der Waals surface area contributed by atoms with Crippen LogP contribution in [0, 0.1) is 0 Å². The van der Waals surface area contributed by atoms with E-state index in [4.69, 9.17) is 28.4 Å². The second-order valence-electron chi connectivity index (χ2n) is 12.6. The fraction of sp³-hybridized carbons (Fsp3) is 0.412. The molecule has 3 aromatic carbocycles. The minimum absolute atomic E-state index is 0.0518. The van der Waals surface area contributed by atoms with Crippen LogP contribution in [0.4, 0.5) is 5.69 Å². The molecule has 4 heterocycles. The van der Waals surface area contributed by atoms with Gasteiger partial charge < -0.3 is 74.6 Å². The lowest BCUT2D eigenvalue weighted by molar-refractivity contribution is -0.277. The maximum absolute atomic E-state index is 13.5. The van der Waals surface area contributed by atoms with Crippen molar-refractivity contribution in [2.45, 2.75) is 73.9 Å². The highest BCUT2D eigenvalue weighted by Gasteiger charge is 2.54. The van der Waals surface area contributed by atoms with Crippen molar-refractivity contribution >= 4 is 17.6 Å². The van der Waals surface area contributed by atoms with Gasteiger partial charge in [0.25, 0.3) is 0 Å². The molecule has 4 aliphatic heterocycles. The summed E-state index contributed by atoms with van der Waals surface area (Å²) in [6.45, 7) is -0.00957. The Balaban J connectivity index is 1.29. The van der Waals surface area contributed by atoms with Crippen molar-refractivity contribution in [2.24, 2.45) is 0 Å². The number of anilines is 1. The minimum atomic E-state index is -1.70. The average Bonchev–Trinajstić information content (AvgIpc) is 3.39. The predicted octanol–water partition coefficient (Wildman–Crippen LogP) is -1.43. The lowest BCUT2D eigenvalue weighted by Crippen LogP contribution is -2.60. The van der Waals surface area contributed by atoms with Gasteiger partial charge in [0, 0.05) is 41.4 Å². The van der Waals surface area contributed by atoms with Gasteiger partial charge in [0.1, 0.15) is 71.8 Å². The van der Waals surface area contributed by atoms with E-state index in [2.05, 4.69) is 5.32 Å². The van der Waals surface area contributed by atoms with E-state index >= 15 is 0 Å². The van der Waals surface area contributed by atoms with Gasteiger partial charge in [-0.3, -0.25) is 4.79 Å². The molecule has 0 saturated carbocycles. The van der Waals surface area contributed by atoms with Crippen LogP contribution < -0.4 is 19.5 Å². The number of benzene rings is 3. The summed E-state index contributed by atoms with van der Waals surface area (Å²) in [6, 6.07) is 13.6. The summed E-state index contributed by atoms with van der Waals surface area (Å²) in [5.74, 6) is -0.759. The molecule has 2 saturated heterocycles. The van der Waals surface area contributed by atoms with Crippen LogP contribution in [0.15, 0.2) is 54.6 Å². The Hall–Kier alpha value is -4.40. The monoisotopic (exact) mass is 713 g/mol. The zero-order chi connectivity index (χ0) is 36.4. The van der Waals surface area contributed by atoms with Crippen molar-refractivity contribution in [3.8, 4) is 23.0 Å². The number of carbonyl (C=O) groups is 2. The van der Waals surface area contributed by atoms with Crippen molar-refractivity contribution < 1.29 is 78.9 Å². The van der Waals surface area contributed by atoms with Gasteiger partial charge in [0.2, 0.25) is 18.5 Å². The highest BCUT2D eigenvalue weighted by atomic mass is 16.7. The number of aliphatic hydroxyl groups is 8. The Morgan fingerprint density at radius 1 is 0.706 bits per heavy atom. The summed E-state index contributed by atoms with van der Waals surface area (Å²) in [6.07, 6.45) is -15.5. The molecule has 7 rings (SSSR count). The van der Waals surface area contributed by atoms with Gasteiger partial charge in [0.05, 0.1) is 18.8 Å². The topological polar surface area (TPSA) is 263 Å². The smallest absolute Gasteiger partial charge is 0.340 e. The fourth-order valence-electron chi connectivity index (χ4n) is 6.71. The predicted molar refractivity (Wildman–Crippen MR) is 168 cm³/mol. The summed E-state index contributed by atoms with van der Waals surface area (Å²) in [5.41, 5.74) is -0.0144. The Kier molecular flexibility index (Phi) is 9.13. The molecule has 51 heavy (non-hydrogen) atoms. The number of fused-ring (bicyclic) bond motifs is 6. The molecule has 2 fully saturated rings. The van der Waals surface area contributed by atoms with Crippen LogP contribution in [-0.2, 0) is 24.6 Å². The molecule has 17 heteroatoms. The third kappa shape index (κ3) is 5.86. The fourth-order valence-corrected chi connectivity index (χ4v) is 6.71. The standard InChI is InChI=1S/C34H35NO16/c1-13(38)35-14-2-5-18-17(8-14)31(45)51-34(18)19-6-3-15(46-32-29(43)27(41)25(39)23(11-36)49-32)9-21(19)48-22-10-16(4-7-20(22)34)47-33-30(44)28(42)26(40)24(12-37)50-33/h2-10,23-30,32-33,36-37,39-44H,11-12H2,1H3,(H,35,38)/t23-,24-,25+,26+,27+,28+,29-,30-,32-,33-/m1/s1. The third-order valence-corrected chi connectivity index (χ3v) is 9.27. The van der Waals surface area contributed by atoms with E-state index in [1.54, 1.807) is 24.3 Å². The molecule has 0 aliphatic carbocycles. The zero-order valence-corrected chi connectivity index (χ0v) is 26.7. The number of ether oxygens (including phenoxy) is 6. The lowest BCUT2D eigenvalue weighted by atomic mass is 9.77. The number of carbonyl (C=O) groups excluding carboxylic acids is 2. The molecule has 9 N–H and O–H groups in total. The van der Waals surface area contributed by atoms with Crippen LogP contribution >= 0.6 is 0 Å². The molecule has 10 atom stereocenters. The first-order valence-corrected chi connectivity index (χ1v) is 15.9. The van der Waals surface area contributed by atoms with E-state index in [-0.39, 0.29) is 34.5 Å². The molecule has 0 radical (unpaired) electrons. The van der Waals surface area contributed by atoms with E-state index in [9.17, 15) is 50.4 Å². The summed E-state index contributed by atoms with van der Waals surface area (Å²) in [7, 11) is 0. The van der Waals surface area contributed by atoms with E-state index in [1.807, 2.05) is 0 Å². The Morgan fingerprint density at radius 3 is 1.67 bits per heavy atom. The normalized spacial score (nSPS) is 31.8. The minimum Gasteiger partial charge on any atom is -0.462 e. The zero-order valence-electron chi connectivity index (χ0n) is 26.7. The van der Waals surface area contributed by atoms with E-state index in [0.717, 1.165) is 0 Å². The van der Waals surface area contributed by atoms with E-state index in [0.29, 0.717) is 22.4 Å². The number of esters is 1. The van der Waals surface area contributed by atoms with Crippen LogP contribution in [0.3, 0.4) is 0 Å². The van der Waals surface area contributed by atoms with Gasteiger partial charge >= 0.3 is 5.97 Å². The van der Waals surface area contributed by atoms with Crippen molar-refractivity contribution in [3.63, 3.8) is 0 Å². The molecular weight excluding hydrogens is 678 g/mol. The molecule has 4 aliphatic rings. The molecule has 0 bridgehead atoms. The molecule has 0 unspecified atom stereocenters. The first kappa shape index (κ1) is 35.0. The second-order valence-corrected chi connectivity index (χ2v) is 12.6. The summed E-state index contributed by atoms with van der Waals surface area (Å²) in [5, 5.41) is 83.7. The molecule has 1 spiro atoms. The van der Waals surface area contributed by atoms with Crippen LogP contribution in [0.5, 0.6) is 23.0 Å². The summed E-state index contributed by atoms with van der Waals surface area (Å²) in [4.78, 5) is 25.3. The van der Waals surface area contributed by atoms with Crippen molar-refractivity contribution in [1.29, 1.82) is 0 Å². The number of hydrogen-bond acceptors (Lipinski definition) is 16. The molecule has 3 aromatic rings. The van der Waals surface area contributed by atoms with Gasteiger partial charge in [-0.1, -0.05) is 6.07 Å². The van der Waals surface area contributed by atoms with Crippen LogP contribution in [-0.4, -0.2) is 127 Å². The van der Waals surface area contributed by atoms with Gasteiger partial charge in [-0.15, -0.1) is 0 Å². The molecular formula is C34H35NO16. The number of rotatable bonds is 7. The molecule has 272 valence electrons. The maximum atomic E-state index is 13.5. The number of amides is 1. The summed E-state index contributed by atoms with van der Waals surface area (Å²) >= 11 is 0. The van der Waals surface area contributed by atoms with Gasteiger partial charge in [0.15, 0.2) is 5.60 Å². The van der Waals surface area contributed by atoms with Crippen molar-refractivity contribution in [3.05, 3.63) is 76.9 Å². The highest BCUT2D eigenvalue weighted by Crippen LogP contribution is 2.57. The summed E-state index contributed by atoms with van der Waals surface area (Å²) < 4.78 is 35.1. The third-order valence-electron chi connectivity index (χ3n) is 9.27.